The number of carbonyl (C=O) groups is 1. The summed E-state index contributed by atoms with van der Waals surface area (Å²) in [5.41, 5.74) is 0.00931. The lowest BCUT2D eigenvalue weighted by Gasteiger charge is -2.33. The third-order valence-corrected chi connectivity index (χ3v) is 3.28. The van der Waals surface area contributed by atoms with Crippen LogP contribution in [0.2, 0.25) is 0 Å². The Balaban J connectivity index is 2.33. The van der Waals surface area contributed by atoms with Gasteiger partial charge in [-0.05, 0) is 40.8 Å². The smallest absolute Gasteiger partial charge is 0.317 e. The van der Waals surface area contributed by atoms with Crippen molar-refractivity contribution in [3.63, 3.8) is 0 Å². The van der Waals surface area contributed by atoms with Gasteiger partial charge in [0.2, 0.25) is 0 Å². The van der Waals surface area contributed by atoms with Crippen LogP contribution in [0.25, 0.3) is 0 Å². The third kappa shape index (κ3) is 3.38. The molecule has 4 heteroatoms. The maximum absolute atomic E-state index is 11.7. The van der Waals surface area contributed by atoms with Crippen LogP contribution in [0, 0.1) is 0 Å². The third-order valence-electron chi connectivity index (χ3n) is 3.28. The number of nitrogens with one attached hydrogen (secondary N) is 1. The molecular weight excluding hydrogens is 190 g/mol. The fourth-order valence-electron chi connectivity index (χ4n) is 1.48. The van der Waals surface area contributed by atoms with Gasteiger partial charge < -0.3 is 15.1 Å². The lowest BCUT2D eigenvalue weighted by Crippen LogP contribution is -2.50. The summed E-state index contributed by atoms with van der Waals surface area (Å²) in [6, 6.07) is 0.0856. The topological polar surface area (TPSA) is 35.6 Å². The summed E-state index contributed by atoms with van der Waals surface area (Å²) in [5, 5.41) is 2.99. The molecule has 1 fully saturated rings. The number of rotatable bonds is 3. The van der Waals surface area contributed by atoms with Crippen molar-refractivity contribution in [2.75, 3.05) is 33.7 Å². The highest BCUT2D eigenvalue weighted by Crippen LogP contribution is 2.10. The summed E-state index contributed by atoms with van der Waals surface area (Å²) in [5.74, 6) is 0. The van der Waals surface area contributed by atoms with Gasteiger partial charge in [0, 0.05) is 25.2 Å². The predicted molar refractivity (Wildman–Crippen MR) is 62.0 cm³/mol. The largest absolute Gasteiger partial charge is 0.336 e. The molecule has 1 aliphatic rings. The van der Waals surface area contributed by atoms with Gasteiger partial charge in [-0.3, -0.25) is 0 Å². The second-order valence-electron chi connectivity index (χ2n) is 5.06. The number of likely N-dealkylation sites (tertiary alicyclic amines) is 1. The number of nitrogens with zero attached hydrogens (tertiary/aromatic N) is 2. The van der Waals surface area contributed by atoms with E-state index < -0.39 is 0 Å². The Kier molecular flexibility index (Phi) is 3.97. The molecule has 1 heterocycles. The highest BCUT2D eigenvalue weighted by molar-refractivity contribution is 5.74. The molecule has 1 N–H and O–H groups in total. The first-order valence-corrected chi connectivity index (χ1v) is 5.64. The minimum absolute atomic E-state index is 0.00931. The van der Waals surface area contributed by atoms with Crippen molar-refractivity contribution < 1.29 is 4.79 Å². The van der Waals surface area contributed by atoms with Crippen LogP contribution < -0.4 is 5.32 Å². The van der Waals surface area contributed by atoms with Crippen molar-refractivity contribution in [3.05, 3.63) is 0 Å². The zero-order chi connectivity index (χ0) is 11.5. The molecule has 0 radical (unpaired) electrons. The number of hydrogen-bond donors (Lipinski definition) is 1. The van der Waals surface area contributed by atoms with E-state index in [0.29, 0.717) is 6.54 Å². The first-order chi connectivity index (χ1) is 6.93. The van der Waals surface area contributed by atoms with Crippen molar-refractivity contribution in [1.29, 1.82) is 0 Å². The van der Waals surface area contributed by atoms with Crippen LogP contribution in [-0.2, 0) is 0 Å². The molecule has 1 saturated heterocycles. The van der Waals surface area contributed by atoms with Crippen LogP contribution in [0.4, 0.5) is 4.79 Å². The number of carbonyl (C=O) groups excluding carboxylic acids is 1. The average molecular weight is 213 g/mol. The van der Waals surface area contributed by atoms with Gasteiger partial charge in [0.25, 0.3) is 0 Å². The van der Waals surface area contributed by atoms with E-state index in [0.717, 1.165) is 25.9 Å². The molecule has 0 aromatic rings. The van der Waals surface area contributed by atoms with Gasteiger partial charge in [0.15, 0.2) is 0 Å². The highest BCUT2D eigenvalue weighted by Gasteiger charge is 2.23. The number of amides is 2. The maximum atomic E-state index is 11.7. The summed E-state index contributed by atoms with van der Waals surface area (Å²) >= 11 is 0. The lowest BCUT2D eigenvalue weighted by molar-refractivity contribution is 0.175. The first-order valence-electron chi connectivity index (χ1n) is 5.64. The summed E-state index contributed by atoms with van der Waals surface area (Å²) in [7, 11) is 4.06. The number of hydrogen-bond acceptors (Lipinski definition) is 2. The molecule has 0 saturated carbocycles. The van der Waals surface area contributed by atoms with Gasteiger partial charge in [-0.25, -0.2) is 4.79 Å². The Bertz CT molecular complexity index is 220. The molecular formula is C11H23N3O. The van der Waals surface area contributed by atoms with E-state index in [9.17, 15) is 4.79 Å². The first kappa shape index (κ1) is 12.3. The van der Waals surface area contributed by atoms with E-state index in [4.69, 9.17) is 0 Å². The van der Waals surface area contributed by atoms with Gasteiger partial charge in [-0.15, -0.1) is 0 Å². The van der Waals surface area contributed by atoms with E-state index in [1.54, 1.807) is 0 Å². The Labute approximate surface area is 92.6 Å². The predicted octanol–water partition coefficient (Wildman–Crippen LogP) is 1.13. The number of urea groups is 1. The Morgan fingerprint density at radius 3 is 2.33 bits per heavy atom. The van der Waals surface area contributed by atoms with Gasteiger partial charge in [0.05, 0.1) is 0 Å². The van der Waals surface area contributed by atoms with E-state index in [-0.39, 0.29) is 11.6 Å². The van der Waals surface area contributed by atoms with Crippen molar-refractivity contribution in [3.8, 4) is 0 Å². The molecule has 15 heavy (non-hydrogen) atoms. The zero-order valence-corrected chi connectivity index (χ0v) is 10.3. The van der Waals surface area contributed by atoms with Crippen LogP contribution in [0.15, 0.2) is 0 Å². The fraction of sp³-hybridized carbons (Fsp3) is 0.909. The highest BCUT2D eigenvalue weighted by atomic mass is 16.2. The van der Waals surface area contributed by atoms with Crippen molar-refractivity contribution in [2.45, 2.75) is 32.2 Å². The van der Waals surface area contributed by atoms with E-state index in [1.165, 1.54) is 0 Å². The lowest BCUT2D eigenvalue weighted by atomic mass is 10.0. The SMILES string of the molecule is CN(C)C(C)(C)CNC(=O)N1CCCC1. The second-order valence-corrected chi connectivity index (χ2v) is 5.06. The molecule has 2 amide bonds. The van der Waals surface area contributed by atoms with Crippen LogP contribution in [0.5, 0.6) is 0 Å². The van der Waals surface area contributed by atoms with Crippen molar-refractivity contribution in [2.24, 2.45) is 0 Å². The fourth-order valence-corrected chi connectivity index (χ4v) is 1.48. The molecule has 0 spiro atoms. The summed E-state index contributed by atoms with van der Waals surface area (Å²) in [4.78, 5) is 15.7. The van der Waals surface area contributed by atoms with Crippen LogP contribution in [0.1, 0.15) is 26.7 Å². The Morgan fingerprint density at radius 2 is 1.87 bits per heavy atom. The van der Waals surface area contributed by atoms with Crippen LogP contribution in [0.3, 0.4) is 0 Å². The van der Waals surface area contributed by atoms with Gasteiger partial charge in [-0.1, -0.05) is 0 Å². The van der Waals surface area contributed by atoms with E-state index >= 15 is 0 Å². The van der Waals surface area contributed by atoms with Crippen LogP contribution in [-0.4, -0.2) is 55.1 Å². The minimum atomic E-state index is 0.00931. The normalized spacial score (nSPS) is 17.3. The average Bonchev–Trinajstić information content (AvgIpc) is 2.66. The summed E-state index contributed by atoms with van der Waals surface area (Å²) < 4.78 is 0. The second kappa shape index (κ2) is 4.84. The summed E-state index contributed by atoms with van der Waals surface area (Å²) in [6.07, 6.45) is 2.29. The Hall–Kier alpha value is -0.770. The van der Waals surface area contributed by atoms with E-state index in [1.807, 2.05) is 19.0 Å². The minimum Gasteiger partial charge on any atom is -0.336 e. The maximum Gasteiger partial charge on any atom is 0.317 e. The van der Waals surface area contributed by atoms with Gasteiger partial charge >= 0.3 is 6.03 Å². The molecule has 0 bridgehead atoms. The molecule has 88 valence electrons. The van der Waals surface area contributed by atoms with Gasteiger partial charge in [0.1, 0.15) is 0 Å². The standard InChI is InChI=1S/C11H23N3O/c1-11(2,13(3)4)9-12-10(15)14-7-5-6-8-14/h5-9H2,1-4H3,(H,12,15). The van der Waals surface area contributed by atoms with Crippen molar-refractivity contribution in [1.82, 2.24) is 15.1 Å². The molecule has 4 nitrogen and oxygen atoms in total. The van der Waals surface area contributed by atoms with Crippen LogP contribution >= 0.6 is 0 Å². The molecule has 1 rings (SSSR count). The molecule has 0 aromatic heterocycles. The van der Waals surface area contributed by atoms with Gasteiger partial charge in [-0.2, -0.15) is 0 Å². The summed E-state index contributed by atoms with van der Waals surface area (Å²) in [6.45, 7) is 6.76. The van der Waals surface area contributed by atoms with Crippen molar-refractivity contribution >= 4 is 6.03 Å². The molecule has 0 aromatic carbocycles. The van der Waals surface area contributed by atoms with E-state index in [2.05, 4.69) is 24.1 Å². The molecule has 1 aliphatic heterocycles. The molecule has 0 aliphatic carbocycles. The molecule has 0 atom stereocenters. The zero-order valence-electron chi connectivity index (χ0n) is 10.3. The quantitative estimate of drug-likeness (QED) is 0.763. The molecule has 0 unspecified atom stereocenters. The Morgan fingerprint density at radius 1 is 1.33 bits per heavy atom. The number of likely N-dealkylation sites (N-methyl/N-ethyl adjacent to an activating group) is 1. The monoisotopic (exact) mass is 213 g/mol.